The van der Waals surface area contributed by atoms with E-state index in [0.717, 1.165) is 6.08 Å². The van der Waals surface area contributed by atoms with Gasteiger partial charge in [-0.3, -0.25) is 0 Å². The highest BCUT2D eigenvalue weighted by Gasteiger charge is 1.89. The van der Waals surface area contributed by atoms with Crippen LogP contribution < -0.4 is 0 Å². The minimum absolute atomic E-state index is 0.833. The molecule has 0 aliphatic carbocycles. The highest BCUT2D eigenvalue weighted by Crippen LogP contribution is 2.05. The Bertz CT molecular complexity index is 291. The standard InChI is InChI=1S/C11H16.C3H4O2/c1-2-3-5-8-11-9-6-4-7-10-11;1-2-3(4)5/h4,6-7,9-10H,2-3,5,8H2,1H3;2H,1H2,(H,4,5). The monoisotopic (exact) mass is 220 g/mol. The zero-order valence-electron chi connectivity index (χ0n) is 9.86. The summed E-state index contributed by atoms with van der Waals surface area (Å²) in [5.74, 6) is -0.981. The summed E-state index contributed by atoms with van der Waals surface area (Å²) >= 11 is 0. The van der Waals surface area contributed by atoms with Crippen LogP contribution in [0, 0.1) is 0 Å². The van der Waals surface area contributed by atoms with Gasteiger partial charge in [-0.2, -0.15) is 0 Å². The van der Waals surface area contributed by atoms with E-state index >= 15 is 0 Å². The molecule has 2 heteroatoms. The molecule has 0 atom stereocenters. The smallest absolute Gasteiger partial charge is 0.327 e. The number of aryl methyl sites for hydroxylation is 1. The van der Waals surface area contributed by atoms with Crippen LogP contribution in [0.1, 0.15) is 31.7 Å². The first-order valence-electron chi connectivity index (χ1n) is 5.60. The summed E-state index contributed by atoms with van der Waals surface area (Å²) in [6, 6.07) is 10.7. The van der Waals surface area contributed by atoms with E-state index in [4.69, 9.17) is 5.11 Å². The number of carbonyl (C=O) groups is 1. The van der Waals surface area contributed by atoms with Crippen molar-refractivity contribution in [3.8, 4) is 0 Å². The van der Waals surface area contributed by atoms with Gasteiger partial charge in [-0.1, -0.05) is 56.7 Å². The molecule has 1 aromatic rings. The molecule has 2 nitrogen and oxygen atoms in total. The molecule has 0 saturated heterocycles. The first-order valence-corrected chi connectivity index (χ1v) is 5.60. The van der Waals surface area contributed by atoms with E-state index in [1.807, 2.05) is 0 Å². The maximum atomic E-state index is 9.25. The molecule has 0 aliphatic rings. The van der Waals surface area contributed by atoms with Crippen LogP contribution in [0.5, 0.6) is 0 Å². The van der Waals surface area contributed by atoms with Gasteiger partial charge in [0.15, 0.2) is 0 Å². The summed E-state index contributed by atoms with van der Waals surface area (Å²) in [6.45, 7) is 5.20. The van der Waals surface area contributed by atoms with Crippen molar-refractivity contribution < 1.29 is 9.90 Å². The number of carboxylic acids is 1. The van der Waals surface area contributed by atoms with E-state index in [-0.39, 0.29) is 0 Å². The third-order valence-electron chi connectivity index (χ3n) is 2.09. The lowest BCUT2D eigenvalue weighted by Gasteiger charge is -1.98. The van der Waals surface area contributed by atoms with E-state index in [1.54, 1.807) is 0 Å². The first-order chi connectivity index (χ1) is 7.70. The van der Waals surface area contributed by atoms with Crippen LogP contribution in [-0.2, 0) is 11.2 Å². The molecule has 0 heterocycles. The van der Waals surface area contributed by atoms with Crippen LogP contribution in [0.3, 0.4) is 0 Å². The molecule has 0 fully saturated rings. The number of unbranched alkanes of at least 4 members (excludes halogenated alkanes) is 2. The van der Waals surface area contributed by atoms with Gasteiger partial charge >= 0.3 is 5.97 Å². The van der Waals surface area contributed by atoms with E-state index in [1.165, 1.54) is 31.2 Å². The van der Waals surface area contributed by atoms with E-state index < -0.39 is 5.97 Å². The van der Waals surface area contributed by atoms with Crippen molar-refractivity contribution in [1.82, 2.24) is 0 Å². The fourth-order valence-electron chi connectivity index (χ4n) is 1.22. The van der Waals surface area contributed by atoms with Crippen LogP contribution in [0.25, 0.3) is 0 Å². The Labute approximate surface area is 97.6 Å². The van der Waals surface area contributed by atoms with Crippen molar-refractivity contribution in [3.05, 3.63) is 48.6 Å². The highest BCUT2D eigenvalue weighted by atomic mass is 16.4. The van der Waals surface area contributed by atoms with E-state index in [2.05, 4.69) is 43.8 Å². The molecule has 0 spiro atoms. The first kappa shape index (κ1) is 14.4. The lowest BCUT2D eigenvalue weighted by Crippen LogP contribution is -1.83. The van der Waals surface area contributed by atoms with Gasteiger partial charge in [-0.05, 0) is 18.4 Å². The summed E-state index contributed by atoms with van der Waals surface area (Å²) in [7, 11) is 0. The Morgan fingerprint density at radius 2 is 1.88 bits per heavy atom. The molecule has 1 N–H and O–H groups in total. The Morgan fingerprint density at radius 1 is 1.31 bits per heavy atom. The largest absolute Gasteiger partial charge is 0.478 e. The van der Waals surface area contributed by atoms with Gasteiger partial charge < -0.3 is 5.11 Å². The SMILES string of the molecule is C=CC(=O)O.CCCCCc1ccccc1. The maximum absolute atomic E-state index is 9.25. The van der Waals surface area contributed by atoms with Crippen LogP contribution >= 0.6 is 0 Å². The molecule has 0 unspecified atom stereocenters. The highest BCUT2D eigenvalue weighted by molar-refractivity contribution is 5.78. The lowest BCUT2D eigenvalue weighted by atomic mass is 10.1. The minimum Gasteiger partial charge on any atom is -0.478 e. The van der Waals surface area contributed by atoms with Crippen LogP contribution in [-0.4, -0.2) is 11.1 Å². The molecular weight excluding hydrogens is 200 g/mol. The van der Waals surface area contributed by atoms with E-state index in [9.17, 15) is 4.79 Å². The zero-order chi connectivity index (χ0) is 12.2. The molecule has 88 valence electrons. The van der Waals surface area contributed by atoms with Crippen molar-refractivity contribution >= 4 is 5.97 Å². The second kappa shape index (κ2) is 9.97. The van der Waals surface area contributed by atoms with Crippen molar-refractivity contribution in [3.63, 3.8) is 0 Å². The number of carboxylic acid groups (broad SMARTS) is 1. The molecular formula is C14H20O2. The zero-order valence-corrected chi connectivity index (χ0v) is 9.86. The summed E-state index contributed by atoms with van der Waals surface area (Å²) in [5.41, 5.74) is 1.47. The van der Waals surface area contributed by atoms with Gasteiger partial charge in [0.25, 0.3) is 0 Å². The van der Waals surface area contributed by atoms with E-state index in [0.29, 0.717) is 0 Å². The normalized spacial score (nSPS) is 8.81. The van der Waals surface area contributed by atoms with Crippen molar-refractivity contribution in [2.45, 2.75) is 32.6 Å². The topological polar surface area (TPSA) is 37.3 Å². The van der Waals surface area contributed by atoms with Crippen LogP contribution in [0.15, 0.2) is 43.0 Å². The third kappa shape index (κ3) is 9.00. The maximum Gasteiger partial charge on any atom is 0.327 e. The molecule has 0 saturated carbocycles. The van der Waals surface area contributed by atoms with Gasteiger partial charge in [-0.25, -0.2) is 4.79 Å². The summed E-state index contributed by atoms with van der Waals surface area (Å²) < 4.78 is 0. The van der Waals surface area contributed by atoms with Gasteiger partial charge in [0.1, 0.15) is 0 Å². The van der Waals surface area contributed by atoms with Gasteiger partial charge in [-0.15, -0.1) is 0 Å². The molecule has 16 heavy (non-hydrogen) atoms. The molecule has 0 radical (unpaired) electrons. The minimum atomic E-state index is -0.981. The number of rotatable bonds is 5. The summed E-state index contributed by atoms with van der Waals surface area (Å²) in [5, 5.41) is 7.60. The molecule has 1 rings (SSSR count). The van der Waals surface area contributed by atoms with Crippen LogP contribution in [0.2, 0.25) is 0 Å². The molecule has 0 aromatic heterocycles. The van der Waals surface area contributed by atoms with Gasteiger partial charge in [0.05, 0.1) is 0 Å². The number of hydrogen-bond acceptors (Lipinski definition) is 1. The van der Waals surface area contributed by atoms with Gasteiger partial charge in [0, 0.05) is 6.08 Å². The Morgan fingerprint density at radius 3 is 2.31 bits per heavy atom. The average molecular weight is 220 g/mol. The number of aliphatic carboxylic acids is 1. The summed E-state index contributed by atoms with van der Waals surface area (Å²) in [6.07, 6.45) is 6.08. The second-order valence-electron chi connectivity index (χ2n) is 3.49. The van der Waals surface area contributed by atoms with Gasteiger partial charge in [0.2, 0.25) is 0 Å². The fraction of sp³-hybridized carbons (Fsp3) is 0.357. The molecule has 1 aromatic carbocycles. The van der Waals surface area contributed by atoms with Crippen molar-refractivity contribution in [2.75, 3.05) is 0 Å². The molecule has 0 amide bonds. The predicted octanol–water partition coefficient (Wildman–Crippen LogP) is 3.68. The predicted molar refractivity (Wildman–Crippen MR) is 67.5 cm³/mol. The second-order valence-corrected chi connectivity index (χ2v) is 3.49. The third-order valence-corrected chi connectivity index (χ3v) is 2.09. The Balaban J connectivity index is 0.000000385. The summed E-state index contributed by atoms with van der Waals surface area (Å²) in [4.78, 5) is 9.25. The van der Waals surface area contributed by atoms with Crippen molar-refractivity contribution in [1.29, 1.82) is 0 Å². The lowest BCUT2D eigenvalue weighted by molar-refractivity contribution is -0.131. The average Bonchev–Trinajstić information content (AvgIpc) is 2.31. The van der Waals surface area contributed by atoms with Crippen LogP contribution in [0.4, 0.5) is 0 Å². The number of benzene rings is 1. The number of hydrogen-bond donors (Lipinski definition) is 1. The molecule has 0 bridgehead atoms. The Hall–Kier alpha value is -1.57. The Kier molecular flexibility index (Phi) is 8.99. The quantitative estimate of drug-likeness (QED) is 0.607. The van der Waals surface area contributed by atoms with Crippen molar-refractivity contribution in [2.24, 2.45) is 0 Å². The molecule has 0 aliphatic heterocycles. The fourth-order valence-corrected chi connectivity index (χ4v) is 1.22.